The largest absolute Gasteiger partial charge is 0.306 e. The summed E-state index contributed by atoms with van der Waals surface area (Å²) in [6, 6.07) is 14.1. The lowest BCUT2D eigenvalue weighted by atomic mass is 10.1. The van der Waals surface area contributed by atoms with Crippen molar-refractivity contribution in [2.24, 2.45) is 0 Å². The van der Waals surface area contributed by atoms with E-state index in [1.807, 2.05) is 12.1 Å². The molecule has 0 fully saturated rings. The van der Waals surface area contributed by atoms with E-state index in [0.29, 0.717) is 5.56 Å². The zero-order valence-electron chi connectivity index (χ0n) is 11.7. The summed E-state index contributed by atoms with van der Waals surface area (Å²) in [6.45, 7) is 6.77. The van der Waals surface area contributed by atoms with Gasteiger partial charge < -0.3 is 5.32 Å². The van der Waals surface area contributed by atoms with Crippen LogP contribution in [-0.2, 0) is 6.54 Å². The molecule has 0 bridgehead atoms. The van der Waals surface area contributed by atoms with Gasteiger partial charge in [-0.2, -0.15) is 0 Å². The Bertz CT molecular complexity index is 546. The van der Waals surface area contributed by atoms with Gasteiger partial charge in [0.15, 0.2) is 0 Å². The van der Waals surface area contributed by atoms with Crippen molar-refractivity contribution < 1.29 is 4.39 Å². The monoisotopic (exact) mass is 257 g/mol. The molecule has 0 unspecified atom stereocenters. The van der Waals surface area contributed by atoms with Crippen LogP contribution in [0.5, 0.6) is 0 Å². The van der Waals surface area contributed by atoms with Crippen LogP contribution in [0.1, 0.15) is 35.2 Å². The fourth-order valence-electron chi connectivity index (χ4n) is 2.06. The highest BCUT2D eigenvalue weighted by Gasteiger charge is 2.05. The van der Waals surface area contributed by atoms with Crippen LogP contribution in [0.25, 0.3) is 0 Å². The minimum atomic E-state index is -0.143. The van der Waals surface area contributed by atoms with Crippen LogP contribution in [-0.4, -0.2) is 0 Å². The van der Waals surface area contributed by atoms with Gasteiger partial charge in [0.05, 0.1) is 0 Å². The highest BCUT2D eigenvalue weighted by atomic mass is 19.1. The second-order valence-electron chi connectivity index (χ2n) is 5.10. The Morgan fingerprint density at radius 2 is 1.74 bits per heavy atom. The highest BCUT2D eigenvalue weighted by molar-refractivity contribution is 5.25. The smallest absolute Gasteiger partial charge is 0.126 e. The second-order valence-corrected chi connectivity index (χ2v) is 5.10. The molecule has 100 valence electrons. The molecule has 0 radical (unpaired) electrons. The van der Waals surface area contributed by atoms with Crippen LogP contribution in [0.4, 0.5) is 4.39 Å². The molecule has 19 heavy (non-hydrogen) atoms. The Labute approximate surface area is 114 Å². The van der Waals surface area contributed by atoms with Crippen LogP contribution in [0.2, 0.25) is 0 Å². The molecule has 0 spiro atoms. The van der Waals surface area contributed by atoms with Crippen molar-refractivity contribution in [1.29, 1.82) is 0 Å². The fourth-order valence-corrected chi connectivity index (χ4v) is 2.06. The summed E-state index contributed by atoms with van der Waals surface area (Å²) in [5.74, 6) is -0.143. The van der Waals surface area contributed by atoms with E-state index in [4.69, 9.17) is 0 Å². The predicted octanol–water partition coefficient (Wildman–Crippen LogP) is 4.29. The Kier molecular flexibility index (Phi) is 4.33. The molecule has 0 saturated carbocycles. The minimum absolute atomic E-state index is 0.143. The zero-order chi connectivity index (χ0) is 13.8. The minimum Gasteiger partial charge on any atom is -0.306 e. The second kappa shape index (κ2) is 5.98. The Balaban J connectivity index is 1.98. The fraction of sp³-hybridized carbons (Fsp3) is 0.294. The average Bonchev–Trinajstić information content (AvgIpc) is 2.40. The van der Waals surface area contributed by atoms with Crippen LogP contribution in [0, 0.1) is 19.7 Å². The molecule has 2 aromatic carbocycles. The Hall–Kier alpha value is -1.67. The first-order chi connectivity index (χ1) is 9.06. The van der Waals surface area contributed by atoms with E-state index < -0.39 is 0 Å². The average molecular weight is 257 g/mol. The van der Waals surface area contributed by atoms with Crippen LogP contribution < -0.4 is 5.32 Å². The number of rotatable bonds is 4. The third-order valence-electron chi connectivity index (χ3n) is 3.41. The summed E-state index contributed by atoms with van der Waals surface area (Å²) in [5.41, 5.74) is 4.34. The third kappa shape index (κ3) is 3.65. The summed E-state index contributed by atoms with van der Waals surface area (Å²) >= 11 is 0. The molecule has 0 aromatic heterocycles. The summed E-state index contributed by atoms with van der Waals surface area (Å²) in [5, 5.41) is 3.46. The van der Waals surface area contributed by atoms with E-state index in [-0.39, 0.29) is 11.9 Å². The van der Waals surface area contributed by atoms with E-state index in [1.165, 1.54) is 17.2 Å². The van der Waals surface area contributed by atoms with Crippen LogP contribution in [0.3, 0.4) is 0 Å². The van der Waals surface area contributed by atoms with Gasteiger partial charge in [-0.15, -0.1) is 0 Å². The van der Waals surface area contributed by atoms with Crippen molar-refractivity contribution in [3.05, 3.63) is 70.5 Å². The molecular formula is C17H20FN. The highest BCUT2D eigenvalue weighted by Crippen LogP contribution is 2.15. The molecule has 0 aliphatic rings. The molecule has 2 heteroatoms. The van der Waals surface area contributed by atoms with Crippen molar-refractivity contribution >= 4 is 0 Å². The summed E-state index contributed by atoms with van der Waals surface area (Å²) < 4.78 is 13.2. The summed E-state index contributed by atoms with van der Waals surface area (Å²) in [4.78, 5) is 0. The van der Waals surface area contributed by atoms with E-state index in [1.54, 1.807) is 6.92 Å². The number of hydrogen-bond acceptors (Lipinski definition) is 1. The number of nitrogens with one attached hydrogen (secondary N) is 1. The molecule has 2 aromatic rings. The van der Waals surface area contributed by atoms with Crippen molar-refractivity contribution in [3.8, 4) is 0 Å². The van der Waals surface area contributed by atoms with Crippen molar-refractivity contribution in [1.82, 2.24) is 5.32 Å². The number of aryl methyl sites for hydroxylation is 2. The third-order valence-corrected chi connectivity index (χ3v) is 3.41. The lowest BCUT2D eigenvalue weighted by molar-refractivity contribution is 0.572. The van der Waals surface area contributed by atoms with Gasteiger partial charge in [0.25, 0.3) is 0 Å². The maximum Gasteiger partial charge on any atom is 0.126 e. The van der Waals surface area contributed by atoms with Gasteiger partial charge in [0, 0.05) is 12.6 Å². The molecule has 0 aliphatic heterocycles. The van der Waals surface area contributed by atoms with Gasteiger partial charge in [-0.25, -0.2) is 4.39 Å². The van der Waals surface area contributed by atoms with Crippen molar-refractivity contribution in [3.63, 3.8) is 0 Å². The zero-order valence-corrected chi connectivity index (χ0v) is 11.7. The molecule has 1 N–H and O–H groups in total. The SMILES string of the molecule is Cc1ccc([C@H](C)NCc2ccc(F)c(C)c2)cc1. The molecule has 1 atom stereocenters. The van der Waals surface area contributed by atoms with Gasteiger partial charge >= 0.3 is 0 Å². The van der Waals surface area contributed by atoms with Gasteiger partial charge in [0.2, 0.25) is 0 Å². The van der Waals surface area contributed by atoms with Gasteiger partial charge in [-0.1, -0.05) is 42.0 Å². The topological polar surface area (TPSA) is 12.0 Å². The maximum absolute atomic E-state index is 13.2. The van der Waals surface area contributed by atoms with Gasteiger partial charge in [0.1, 0.15) is 5.82 Å². The van der Waals surface area contributed by atoms with Gasteiger partial charge in [-0.3, -0.25) is 0 Å². The van der Waals surface area contributed by atoms with E-state index >= 15 is 0 Å². The lowest BCUT2D eigenvalue weighted by Gasteiger charge is -2.15. The molecule has 0 aliphatic carbocycles. The lowest BCUT2D eigenvalue weighted by Crippen LogP contribution is -2.18. The first-order valence-corrected chi connectivity index (χ1v) is 6.61. The molecule has 2 rings (SSSR count). The first-order valence-electron chi connectivity index (χ1n) is 6.61. The standard InChI is InChI=1S/C17H20FN/c1-12-4-7-16(8-5-12)14(3)19-11-15-6-9-17(18)13(2)10-15/h4-10,14,19H,11H2,1-3H3/t14-/m0/s1. The summed E-state index contributed by atoms with van der Waals surface area (Å²) in [7, 11) is 0. The number of halogens is 1. The van der Waals surface area contributed by atoms with E-state index in [0.717, 1.165) is 12.1 Å². The molecule has 0 amide bonds. The molecule has 1 nitrogen and oxygen atoms in total. The predicted molar refractivity (Wildman–Crippen MR) is 77.6 cm³/mol. The maximum atomic E-state index is 13.2. The first kappa shape index (κ1) is 13.8. The van der Waals surface area contributed by atoms with Crippen LogP contribution in [0.15, 0.2) is 42.5 Å². The normalized spacial score (nSPS) is 12.4. The van der Waals surface area contributed by atoms with E-state index in [9.17, 15) is 4.39 Å². The quantitative estimate of drug-likeness (QED) is 0.861. The van der Waals surface area contributed by atoms with E-state index in [2.05, 4.69) is 43.4 Å². The van der Waals surface area contributed by atoms with Crippen LogP contribution >= 0.6 is 0 Å². The summed E-state index contributed by atoms with van der Waals surface area (Å²) in [6.07, 6.45) is 0. The number of hydrogen-bond donors (Lipinski definition) is 1. The van der Waals surface area contributed by atoms with Crippen molar-refractivity contribution in [2.75, 3.05) is 0 Å². The van der Waals surface area contributed by atoms with Crippen molar-refractivity contribution in [2.45, 2.75) is 33.4 Å². The number of benzene rings is 2. The Morgan fingerprint density at radius 1 is 1.05 bits per heavy atom. The van der Waals surface area contributed by atoms with Gasteiger partial charge in [-0.05, 0) is 43.5 Å². The Morgan fingerprint density at radius 3 is 2.37 bits per heavy atom. The molecule has 0 saturated heterocycles. The molecule has 0 heterocycles. The molecular weight excluding hydrogens is 237 g/mol.